The van der Waals surface area contributed by atoms with Crippen molar-refractivity contribution >= 4 is 17.4 Å². The highest BCUT2D eigenvalue weighted by atomic mass is 16.5. The van der Waals surface area contributed by atoms with E-state index in [-0.39, 0.29) is 5.78 Å². The summed E-state index contributed by atoms with van der Waals surface area (Å²) in [6.07, 6.45) is 0. The SMILES string of the molecule is COC(=O)c1c(C)[nH]c(C(=O)C[NH+]2CCN(c3ccccc3C)CC2)c1C. The fourth-order valence-corrected chi connectivity index (χ4v) is 3.91. The molecule has 0 saturated carbocycles. The van der Waals surface area contributed by atoms with Gasteiger partial charge in [0.15, 0.2) is 0 Å². The van der Waals surface area contributed by atoms with Crippen LogP contribution < -0.4 is 9.80 Å². The predicted molar refractivity (Wildman–Crippen MR) is 105 cm³/mol. The molecule has 0 radical (unpaired) electrons. The number of ketones is 1. The molecule has 144 valence electrons. The Labute approximate surface area is 160 Å². The Morgan fingerprint density at radius 1 is 1.15 bits per heavy atom. The molecule has 1 aliphatic heterocycles. The summed E-state index contributed by atoms with van der Waals surface area (Å²) in [4.78, 5) is 31.5. The minimum atomic E-state index is -0.403. The molecule has 6 nitrogen and oxygen atoms in total. The van der Waals surface area contributed by atoms with E-state index in [0.717, 1.165) is 26.2 Å². The Morgan fingerprint density at radius 2 is 1.81 bits per heavy atom. The van der Waals surface area contributed by atoms with Gasteiger partial charge in [0.1, 0.15) is 6.54 Å². The number of hydrogen-bond acceptors (Lipinski definition) is 4. The highest BCUT2D eigenvalue weighted by Gasteiger charge is 2.27. The van der Waals surface area contributed by atoms with Crippen molar-refractivity contribution in [2.45, 2.75) is 20.8 Å². The second-order valence-electron chi connectivity index (χ2n) is 7.24. The third-order valence-electron chi connectivity index (χ3n) is 5.44. The van der Waals surface area contributed by atoms with E-state index in [1.807, 2.05) is 0 Å². The molecule has 1 fully saturated rings. The van der Waals surface area contributed by atoms with Gasteiger partial charge in [0.2, 0.25) is 5.78 Å². The van der Waals surface area contributed by atoms with Crippen molar-refractivity contribution in [2.24, 2.45) is 0 Å². The summed E-state index contributed by atoms with van der Waals surface area (Å²) in [5, 5.41) is 0. The number of carbonyl (C=O) groups excluding carboxylic acids is 2. The number of rotatable bonds is 5. The van der Waals surface area contributed by atoms with Crippen molar-refractivity contribution < 1.29 is 19.2 Å². The summed E-state index contributed by atoms with van der Waals surface area (Å²) in [6.45, 7) is 9.87. The van der Waals surface area contributed by atoms with Crippen LogP contribution in [0.15, 0.2) is 24.3 Å². The molecule has 0 unspecified atom stereocenters. The van der Waals surface area contributed by atoms with Gasteiger partial charge < -0.3 is 19.5 Å². The summed E-state index contributed by atoms with van der Waals surface area (Å²) in [5.74, 6) is -0.357. The maximum Gasteiger partial charge on any atom is 0.339 e. The van der Waals surface area contributed by atoms with Crippen LogP contribution in [0, 0.1) is 20.8 Å². The van der Waals surface area contributed by atoms with Crippen LogP contribution in [-0.2, 0) is 4.74 Å². The molecule has 6 heteroatoms. The number of carbonyl (C=O) groups is 2. The number of aromatic nitrogens is 1. The number of nitrogens with zero attached hydrogens (tertiary/aromatic N) is 1. The normalized spacial score (nSPS) is 15.0. The summed E-state index contributed by atoms with van der Waals surface area (Å²) >= 11 is 0. The topological polar surface area (TPSA) is 66.8 Å². The number of aryl methyl sites for hydroxylation is 2. The van der Waals surface area contributed by atoms with Gasteiger partial charge in [-0.15, -0.1) is 0 Å². The van der Waals surface area contributed by atoms with Gasteiger partial charge in [-0.2, -0.15) is 0 Å². The summed E-state index contributed by atoms with van der Waals surface area (Å²) in [5.41, 5.74) is 4.93. The third kappa shape index (κ3) is 3.90. The van der Waals surface area contributed by atoms with Crippen LogP contribution in [0.2, 0.25) is 0 Å². The maximum atomic E-state index is 12.8. The maximum absolute atomic E-state index is 12.8. The first-order valence-corrected chi connectivity index (χ1v) is 9.37. The number of esters is 1. The summed E-state index contributed by atoms with van der Waals surface area (Å²) in [6, 6.07) is 8.42. The fraction of sp³-hybridized carbons (Fsp3) is 0.429. The van der Waals surface area contributed by atoms with E-state index in [1.54, 1.807) is 13.8 Å². The zero-order valence-corrected chi connectivity index (χ0v) is 16.5. The number of H-pyrrole nitrogens is 1. The van der Waals surface area contributed by atoms with E-state index >= 15 is 0 Å². The Kier molecular flexibility index (Phi) is 5.65. The Balaban J connectivity index is 1.64. The monoisotopic (exact) mass is 370 g/mol. The molecule has 1 aromatic carbocycles. The predicted octanol–water partition coefficient (Wildman–Crippen LogP) is 1.31. The quantitative estimate of drug-likeness (QED) is 0.615. The van der Waals surface area contributed by atoms with Gasteiger partial charge in [0.25, 0.3) is 0 Å². The molecule has 27 heavy (non-hydrogen) atoms. The minimum Gasteiger partial charge on any atom is -0.465 e. The molecule has 2 N–H and O–H groups in total. The smallest absolute Gasteiger partial charge is 0.339 e. The van der Waals surface area contributed by atoms with Crippen molar-refractivity contribution in [2.75, 3.05) is 44.7 Å². The Hall–Kier alpha value is -2.60. The van der Waals surface area contributed by atoms with E-state index in [9.17, 15) is 9.59 Å². The molecule has 1 aliphatic rings. The number of aromatic amines is 1. The van der Waals surface area contributed by atoms with Crippen LogP contribution in [0.1, 0.15) is 37.7 Å². The number of nitrogens with one attached hydrogen (secondary N) is 2. The number of hydrogen-bond donors (Lipinski definition) is 2. The van der Waals surface area contributed by atoms with Gasteiger partial charge in [0.05, 0.1) is 44.5 Å². The number of methoxy groups -OCH3 is 1. The van der Waals surface area contributed by atoms with Crippen molar-refractivity contribution in [3.63, 3.8) is 0 Å². The van der Waals surface area contributed by atoms with Gasteiger partial charge in [-0.25, -0.2) is 4.79 Å². The average molecular weight is 370 g/mol. The first-order chi connectivity index (χ1) is 12.9. The van der Waals surface area contributed by atoms with E-state index in [0.29, 0.717) is 29.1 Å². The molecule has 0 aliphatic carbocycles. The molecule has 0 bridgehead atoms. The summed E-state index contributed by atoms with van der Waals surface area (Å²) in [7, 11) is 1.35. The number of anilines is 1. The van der Waals surface area contributed by atoms with Gasteiger partial charge in [-0.1, -0.05) is 18.2 Å². The zero-order chi connectivity index (χ0) is 19.6. The van der Waals surface area contributed by atoms with Gasteiger partial charge in [-0.05, 0) is 38.0 Å². The van der Waals surface area contributed by atoms with E-state index in [4.69, 9.17) is 4.74 Å². The lowest BCUT2D eigenvalue weighted by atomic mass is 10.1. The zero-order valence-electron chi connectivity index (χ0n) is 16.5. The molecule has 2 aromatic rings. The molecule has 1 saturated heterocycles. The molecular formula is C21H28N3O3+. The molecule has 1 aromatic heterocycles. The van der Waals surface area contributed by atoms with Crippen LogP contribution in [0.3, 0.4) is 0 Å². The van der Waals surface area contributed by atoms with E-state index in [1.165, 1.54) is 23.3 Å². The lowest BCUT2D eigenvalue weighted by Crippen LogP contribution is -3.15. The largest absolute Gasteiger partial charge is 0.465 e. The number of benzene rings is 1. The van der Waals surface area contributed by atoms with Gasteiger partial charge >= 0.3 is 5.97 Å². The molecule has 0 spiro atoms. The number of quaternary nitrogens is 1. The molecule has 0 atom stereocenters. The molecule has 3 rings (SSSR count). The van der Waals surface area contributed by atoms with Crippen LogP contribution in [0.4, 0.5) is 5.69 Å². The molecule has 2 heterocycles. The van der Waals surface area contributed by atoms with Crippen LogP contribution >= 0.6 is 0 Å². The van der Waals surface area contributed by atoms with Crippen molar-refractivity contribution in [3.05, 3.63) is 52.3 Å². The third-order valence-corrected chi connectivity index (χ3v) is 5.44. The molecular weight excluding hydrogens is 342 g/mol. The second kappa shape index (κ2) is 7.96. The highest BCUT2D eigenvalue weighted by molar-refractivity contribution is 6.01. The first-order valence-electron chi connectivity index (χ1n) is 9.37. The number of Topliss-reactive ketones (excluding diaryl/α,β-unsaturated/α-hetero) is 1. The Morgan fingerprint density at radius 3 is 2.44 bits per heavy atom. The standard InChI is InChI=1S/C21H27N3O3/c1-14-7-5-6-8-17(14)24-11-9-23(10-12-24)13-18(25)20-15(2)19(16(3)22-20)21(26)27-4/h5-8,22H,9-13H2,1-4H3/p+1. The van der Waals surface area contributed by atoms with Crippen LogP contribution in [-0.4, -0.2) is 56.6 Å². The van der Waals surface area contributed by atoms with E-state index < -0.39 is 5.97 Å². The minimum absolute atomic E-state index is 0.0464. The van der Waals surface area contributed by atoms with Crippen molar-refractivity contribution in [3.8, 4) is 0 Å². The fourth-order valence-electron chi connectivity index (χ4n) is 3.91. The lowest BCUT2D eigenvalue weighted by Gasteiger charge is -2.34. The van der Waals surface area contributed by atoms with Crippen LogP contribution in [0.5, 0.6) is 0 Å². The first kappa shape index (κ1) is 19.2. The summed E-state index contributed by atoms with van der Waals surface area (Å²) < 4.78 is 4.82. The highest BCUT2D eigenvalue weighted by Crippen LogP contribution is 2.20. The van der Waals surface area contributed by atoms with Gasteiger partial charge in [-0.3, -0.25) is 4.79 Å². The number of piperazine rings is 1. The number of ether oxygens (including phenoxy) is 1. The van der Waals surface area contributed by atoms with Crippen LogP contribution in [0.25, 0.3) is 0 Å². The van der Waals surface area contributed by atoms with Crippen molar-refractivity contribution in [1.29, 1.82) is 0 Å². The van der Waals surface area contributed by atoms with E-state index in [2.05, 4.69) is 41.1 Å². The van der Waals surface area contributed by atoms with Gasteiger partial charge in [0, 0.05) is 11.4 Å². The number of para-hydroxylation sites is 1. The Bertz CT molecular complexity index is 848. The average Bonchev–Trinajstić information content (AvgIpc) is 2.97. The lowest BCUT2D eigenvalue weighted by molar-refractivity contribution is -0.892. The molecule has 0 amide bonds. The second-order valence-corrected chi connectivity index (χ2v) is 7.24. The van der Waals surface area contributed by atoms with Crippen molar-refractivity contribution in [1.82, 2.24) is 4.98 Å².